The first-order valence-corrected chi connectivity index (χ1v) is 9.75. The molecule has 1 rings (SSSR count). The molecule has 0 heterocycles. The number of aliphatic carboxylic acids is 1. The van der Waals surface area contributed by atoms with Crippen LogP contribution in [0.4, 0.5) is 0 Å². The Balaban J connectivity index is 2.30. The van der Waals surface area contributed by atoms with Crippen LogP contribution in [0.15, 0.2) is 0 Å². The Bertz CT molecular complexity index is 531. The molecule has 0 aromatic heterocycles. The summed E-state index contributed by atoms with van der Waals surface area (Å²) in [4.78, 5) is 48.3. The smallest absolute Gasteiger partial charge is 0.308 e. The summed E-state index contributed by atoms with van der Waals surface area (Å²) in [5.41, 5.74) is 0. The van der Waals surface area contributed by atoms with Crippen molar-refractivity contribution >= 4 is 23.7 Å². The van der Waals surface area contributed by atoms with E-state index in [9.17, 15) is 19.2 Å². The predicted molar refractivity (Wildman–Crippen MR) is 101 cm³/mol. The fourth-order valence-electron chi connectivity index (χ4n) is 3.10. The Kier molecular flexibility index (Phi) is 9.82. The fraction of sp³-hybridized carbons (Fsp3) is 0.789. The lowest BCUT2D eigenvalue weighted by atomic mass is 9.86. The first-order valence-electron chi connectivity index (χ1n) is 9.75. The van der Waals surface area contributed by atoms with Crippen LogP contribution in [0.25, 0.3) is 0 Å². The molecule has 8 heteroatoms. The minimum atomic E-state index is -0.999. The summed E-state index contributed by atoms with van der Waals surface area (Å²) < 4.78 is 0. The molecule has 3 amide bonds. The number of nitrogens with zero attached hydrogens (tertiary/aromatic N) is 1. The second-order valence-corrected chi connectivity index (χ2v) is 7.48. The lowest BCUT2D eigenvalue weighted by Crippen LogP contribution is -2.48. The van der Waals surface area contributed by atoms with Crippen LogP contribution in [0, 0.1) is 11.8 Å². The van der Waals surface area contributed by atoms with Crippen molar-refractivity contribution in [1.82, 2.24) is 15.5 Å². The minimum absolute atomic E-state index is 0.000847. The van der Waals surface area contributed by atoms with Crippen LogP contribution in [0.1, 0.15) is 58.8 Å². The summed E-state index contributed by atoms with van der Waals surface area (Å²) in [6.07, 6.45) is 7.42. The molecule has 0 aromatic rings. The second-order valence-electron chi connectivity index (χ2n) is 7.48. The van der Waals surface area contributed by atoms with Crippen LogP contribution in [-0.2, 0) is 19.2 Å². The Morgan fingerprint density at radius 2 is 1.70 bits per heavy atom. The average molecular weight is 383 g/mol. The van der Waals surface area contributed by atoms with E-state index in [-0.39, 0.29) is 19.0 Å². The van der Waals surface area contributed by atoms with Crippen molar-refractivity contribution in [1.29, 1.82) is 0 Å². The van der Waals surface area contributed by atoms with E-state index in [1.165, 1.54) is 43.9 Å². The first-order chi connectivity index (χ1) is 12.7. The number of amides is 3. The second kappa shape index (κ2) is 11.6. The molecule has 0 spiro atoms. The number of hydrogen-bond donors (Lipinski definition) is 3. The number of carboxylic acid groups (broad SMARTS) is 1. The van der Waals surface area contributed by atoms with Crippen molar-refractivity contribution < 1.29 is 24.3 Å². The van der Waals surface area contributed by atoms with Gasteiger partial charge < -0.3 is 20.6 Å². The van der Waals surface area contributed by atoms with E-state index in [1.807, 2.05) is 0 Å². The molecule has 0 saturated heterocycles. The maximum Gasteiger partial charge on any atom is 0.308 e. The number of carboxylic acids is 1. The molecule has 0 aromatic carbocycles. The standard InChI is InChI=1S/C19H33N3O5/c1-13(19(26)27)11-20-16(23)12-21-18(25)14(2)22(3)17(24)10-9-15-7-5-4-6-8-15/h13-15H,4-12H2,1-3H3,(H,20,23)(H,21,25)(H,26,27)/t13-,14-/m0/s1. The Labute approximate surface area is 161 Å². The van der Waals surface area contributed by atoms with E-state index in [4.69, 9.17) is 5.11 Å². The molecule has 1 aliphatic carbocycles. The normalized spacial score (nSPS) is 16.9. The molecule has 0 radical (unpaired) electrons. The largest absolute Gasteiger partial charge is 0.481 e. The van der Waals surface area contributed by atoms with Crippen molar-refractivity contribution in [2.24, 2.45) is 11.8 Å². The van der Waals surface area contributed by atoms with Gasteiger partial charge in [-0.15, -0.1) is 0 Å². The minimum Gasteiger partial charge on any atom is -0.481 e. The Morgan fingerprint density at radius 1 is 1.07 bits per heavy atom. The highest BCUT2D eigenvalue weighted by molar-refractivity contribution is 5.90. The summed E-state index contributed by atoms with van der Waals surface area (Å²) in [5.74, 6) is -2.03. The van der Waals surface area contributed by atoms with Gasteiger partial charge in [-0.1, -0.05) is 39.0 Å². The van der Waals surface area contributed by atoms with Gasteiger partial charge >= 0.3 is 5.97 Å². The third-order valence-corrected chi connectivity index (χ3v) is 5.30. The van der Waals surface area contributed by atoms with Crippen molar-refractivity contribution in [2.75, 3.05) is 20.1 Å². The van der Waals surface area contributed by atoms with Crippen molar-refractivity contribution in [2.45, 2.75) is 64.8 Å². The van der Waals surface area contributed by atoms with Gasteiger partial charge in [-0.25, -0.2) is 0 Å². The Hall–Kier alpha value is -2.12. The predicted octanol–water partition coefficient (Wildman–Crippen LogP) is 1.15. The van der Waals surface area contributed by atoms with Crippen LogP contribution in [0.5, 0.6) is 0 Å². The van der Waals surface area contributed by atoms with Crippen molar-refractivity contribution in [3.8, 4) is 0 Å². The van der Waals surface area contributed by atoms with Gasteiger partial charge in [0.15, 0.2) is 0 Å². The number of hydrogen-bond acceptors (Lipinski definition) is 4. The lowest BCUT2D eigenvalue weighted by molar-refractivity contribution is -0.141. The first kappa shape index (κ1) is 22.9. The van der Waals surface area contributed by atoms with Crippen LogP contribution in [0.3, 0.4) is 0 Å². The van der Waals surface area contributed by atoms with Crippen LogP contribution < -0.4 is 10.6 Å². The zero-order chi connectivity index (χ0) is 20.4. The van der Waals surface area contributed by atoms with Gasteiger partial charge in [0, 0.05) is 20.0 Å². The number of likely N-dealkylation sites (N-methyl/N-ethyl adjacent to an activating group) is 1. The van der Waals surface area contributed by atoms with E-state index in [1.54, 1.807) is 14.0 Å². The summed E-state index contributed by atoms with van der Waals surface area (Å²) in [6.45, 7) is 2.86. The molecule has 0 unspecified atom stereocenters. The highest BCUT2D eigenvalue weighted by atomic mass is 16.4. The number of rotatable bonds is 10. The fourth-order valence-corrected chi connectivity index (χ4v) is 3.10. The van der Waals surface area contributed by atoms with Gasteiger partial charge in [-0.3, -0.25) is 19.2 Å². The number of carbonyl (C=O) groups excluding carboxylic acids is 3. The topological polar surface area (TPSA) is 116 Å². The molecular formula is C19H33N3O5. The van der Waals surface area contributed by atoms with Gasteiger partial charge in [0.05, 0.1) is 12.5 Å². The molecule has 8 nitrogen and oxygen atoms in total. The summed E-state index contributed by atoms with van der Waals surface area (Å²) in [6, 6.07) is -0.672. The van der Waals surface area contributed by atoms with Gasteiger partial charge in [0.1, 0.15) is 6.04 Å². The van der Waals surface area contributed by atoms with Crippen molar-refractivity contribution in [3.63, 3.8) is 0 Å². The van der Waals surface area contributed by atoms with E-state index in [0.717, 1.165) is 6.42 Å². The zero-order valence-electron chi connectivity index (χ0n) is 16.6. The molecule has 1 fully saturated rings. The third kappa shape index (κ3) is 8.41. The molecule has 1 saturated carbocycles. The van der Waals surface area contributed by atoms with E-state index in [0.29, 0.717) is 12.3 Å². The monoisotopic (exact) mass is 383 g/mol. The highest BCUT2D eigenvalue weighted by Crippen LogP contribution is 2.27. The molecule has 0 bridgehead atoms. The van der Waals surface area contributed by atoms with E-state index in [2.05, 4.69) is 10.6 Å². The van der Waals surface area contributed by atoms with Crippen LogP contribution in [0.2, 0.25) is 0 Å². The molecule has 2 atom stereocenters. The Morgan fingerprint density at radius 3 is 2.30 bits per heavy atom. The molecule has 0 aliphatic heterocycles. The van der Waals surface area contributed by atoms with Crippen LogP contribution >= 0.6 is 0 Å². The number of nitrogens with one attached hydrogen (secondary N) is 2. The van der Waals surface area contributed by atoms with E-state index >= 15 is 0 Å². The summed E-state index contributed by atoms with van der Waals surface area (Å²) in [5, 5.41) is 13.7. The molecule has 3 N–H and O–H groups in total. The lowest BCUT2D eigenvalue weighted by Gasteiger charge is -2.26. The van der Waals surface area contributed by atoms with Gasteiger partial charge in [0.2, 0.25) is 17.7 Å². The van der Waals surface area contributed by atoms with Crippen molar-refractivity contribution in [3.05, 3.63) is 0 Å². The molecule has 27 heavy (non-hydrogen) atoms. The third-order valence-electron chi connectivity index (χ3n) is 5.30. The quantitative estimate of drug-likeness (QED) is 0.523. The van der Waals surface area contributed by atoms with Gasteiger partial charge in [0.25, 0.3) is 0 Å². The SMILES string of the molecule is C[C@@H](CNC(=O)CNC(=O)[C@H](C)N(C)C(=O)CCC1CCCCC1)C(=O)O. The van der Waals surface area contributed by atoms with Gasteiger partial charge in [-0.05, 0) is 19.3 Å². The van der Waals surface area contributed by atoms with Gasteiger partial charge in [-0.2, -0.15) is 0 Å². The maximum absolute atomic E-state index is 12.3. The summed E-state index contributed by atoms with van der Waals surface area (Å²) >= 11 is 0. The zero-order valence-corrected chi connectivity index (χ0v) is 16.6. The number of carbonyl (C=O) groups is 4. The molecular weight excluding hydrogens is 350 g/mol. The van der Waals surface area contributed by atoms with E-state index < -0.39 is 29.7 Å². The molecule has 1 aliphatic rings. The summed E-state index contributed by atoms with van der Waals surface area (Å²) in [7, 11) is 1.60. The average Bonchev–Trinajstić information content (AvgIpc) is 2.67. The highest BCUT2D eigenvalue weighted by Gasteiger charge is 2.24. The van der Waals surface area contributed by atoms with Crippen LogP contribution in [-0.4, -0.2) is 59.9 Å². The molecule has 154 valence electrons. The maximum atomic E-state index is 12.3.